The summed E-state index contributed by atoms with van der Waals surface area (Å²) in [5.74, 6) is 0. The van der Waals surface area contributed by atoms with E-state index in [2.05, 4.69) is 80.7 Å². The summed E-state index contributed by atoms with van der Waals surface area (Å²) in [6.07, 6.45) is 35.2. The molecule has 0 atom stereocenters. The van der Waals surface area contributed by atoms with Gasteiger partial charge in [-0.25, -0.2) is 0 Å². The lowest BCUT2D eigenvalue weighted by molar-refractivity contribution is 0.327. The lowest BCUT2D eigenvalue weighted by Gasteiger charge is -1.94. The Hall–Kier alpha value is -1.86. The lowest BCUT2D eigenvalue weighted by Crippen LogP contribution is -1.86. The number of allylic oxidation sites excluding steroid dienone is 13. The van der Waals surface area contributed by atoms with E-state index in [1.165, 1.54) is 0 Å². The third-order valence-corrected chi connectivity index (χ3v) is 3.56. The molecule has 0 aromatic rings. The molecule has 0 spiro atoms. The molecule has 25 heavy (non-hydrogen) atoms. The maximum atomic E-state index is 9.04. The molecule has 0 aromatic carbocycles. The first-order chi connectivity index (χ1) is 12.3. The van der Waals surface area contributed by atoms with E-state index < -0.39 is 0 Å². The van der Waals surface area contributed by atoms with E-state index in [1.807, 2.05) is 12.2 Å². The molecule has 1 N–H and O–H groups in total. The maximum absolute atomic E-state index is 9.04. The standard InChI is InChI=1S/C24H36O/c1-3-5-6-7-8-9-10-11-12-13-14-15-16-17-18-19-20-21-22-24(4-2)23-25/h5-6,8-9,11-12,14-15,17-18,20-22,25H,3-4,7,10,13,16,19,23H2,1-2H3. The van der Waals surface area contributed by atoms with Crippen LogP contribution in [-0.4, -0.2) is 11.7 Å². The minimum absolute atomic E-state index is 0.155. The molecule has 0 unspecified atom stereocenters. The van der Waals surface area contributed by atoms with Crippen LogP contribution in [-0.2, 0) is 0 Å². The lowest BCUT2D eigenvalue weighted by atomic mass is 10.2. The SMILES string of the molecule is CCC=CCC=CCC=CCC=CCC=CCC=CC=C(CC)CO. The Morgan fingerprint density at radius 3 is 1.36 bits per heavy atom. The highest BCUT2D eigenvalue weighted by Gasteiger charge is 1.86. The Morgan fingerprint density at radius 2 is 1.00 bits per heavy atom. The zero-order valence-electron chi connectivity index (χ0n) is 16.1. The van der Waals surface area contributed by atoms with Gasteiger partial charge >= 0.3 is 0 Å². The first-order valence-corrected chi connectivity index (χ1v) is 9.55. The zero-order valence-corrected chi connectivity index (χ0v) is 16.1. The van der Waals surface area contributed by atoms with Crippen LogP contribution in [0.4, 0.5) is 0 Å². The Morgan fingerprint density at radius 1 is 0.600 bits per heavy atom. The fraction of sp³-hybridized carbons (Fsp3) is 0.417. The first-order valence-electron chi connectivity index (χ1n) is 9.55. The Labute approximate surface area is 155 Å². The summed E-state index contributed by atoms with van der Waals surface area (Å²) in [7, 11) is 0. The van der Waals surface area contributed by atoms with Gasteiger partial charge in [-0.15, -0.1) is 0 Å². The maximum Gasteiger partial charge on any atom is 0.0644 e. The minimum Gasteiger partial charge on any atom is -0.392 e. The van der Waals surface area contributed by atoms with Crippen molar-refractivity contribution in [3.05, 3.63) is 84.6 Å². The van der Waals surface area contributed by atoms with E-state index >= 15 is 0 Å². The molecular weight excluding hydrogens is 304 g/mol. The van der Waals surface area contributed by atoms with Gasteiger partial charge < -0.3 is 5.11 Å². The Kier molecular flexibility index (Phi) is 18.7. The Balaban J connectivity index is 3.65. The van der Waals surface area contributed by atoms with E-state index in [0.29, 0.717) is 0 Å². The molecule has 138 valence electrons. The van der Waals surface area contributed by atoms with E-state index in [0.717, 1.165) is 50.5 Å². The Bertz CT molecular complexity index is 478. The molecule has 0 aromatic heterocycles. The van der Waals surface area contributed by atoms with Gasteiger partial charge in [0.05, 0.1) is 6.61 Å². The van der Waals surface area contributed by atoms with E-state index in [-0.39, 0.29) is 6.61 Å². The number of aliphatic hydroxyl groups is 1. The van der Waals surface area contributed by atoms with E-state index in [9.17, 15) is 0 Å². The second-order valence-corrected chi connectivity index (χ2v) is 5.71. The molecule has 0 radical (unpaired) electrons. The van der Waals surface area contributed by atoms with Crippen LogP contribution in [0.3, 0.4) is 0 Å². The molecule has 0 fully saturated rings. The predicted molar refractivity (Wildman–Crippen MR) is 114 cm³/mol. The molecule has 0 amide bonds. The summed E-state index contributed by atoms with van der Waals surface area (Å²) in [5.41, 5.74) is 1.07. The third-order valence-electron chi connectivity index (χ3n) is 3.56. The number of rotatable bonds is 14. The largest absolute Gasteiger partial charge is 0.392 e. The average Bonchev–Trinajstić information content (AvgIpc) is 2.64. The van der Waals surface area contributed by atoms with Crippen LogP contribution in [0, 0.1) is 0 Å². The fourth-order valence-corrected chi connectivity index (χ4v) is 1.99. The molecule has 0 aliphatic carbocycles. The van der Waals surface area contributed by atoms with Crippen molar-refractivity contribution < 1.29 is 5.11 Å². The fourth-order valence-electron chi connectivity index (χ4n) is 1.99. The van der Waals surface area contributed by atoms with Crippen molar-refractivity contribution in [1.82, 2.24) is 0 Å². The average molecular weight is 341 g/mol. The highest BCUT2D eigenvalue weighted by molar-refractivity contribution is 5.13. The first kappa shape index (κ1) is 23.1. The molecule has 0 rings (SSSR count). The van der Waals surface area contributed by atoms with Crippen LogP contribution < -0.4 is 0 Å². The van der Waals surface area contributed by atoms with Gasteiger partial charge in [-0.05, 0) is 50.5 Å². The molecule has 0 saturated carbocycles. The highest BCUT2D eigenvalue weighted by atomic mass is 16.3. The third kappa shape index (κ3) is 18.3. The van der Waals surface area contributed by atoms with Crippen molar-refractivity contribution in [2.45, 2.75) is 58.8 Å². The van der Waals surface area contributed by atoms with Crippen LogP contribution in [0.2, 0.25) is 0 Å². The van der Waals surface area contributed by atoms with Crippen molar-refractivity contribution in [2.75, 3.05) is 6.61 Å². The van der Waals surface area contributed by atoms with Gasteiger partial charge in [0.15, 0.2) is 0 Å². The van der Waals surface area contributed by atoms with Gasteiger partial charge in [0.2, 0.25) is 0 Å². The second-order valence-electron chi connectivity index (χ2n) is 5.71. The number of hydrogen-bond donors (Lipinski definition) is 1. The zero-order chi connectivity index (χ0) is 18.4. The minimum atomic E-state index is 0.155. The normalized spacial score (nSPS) is 14.0. The monoisotopic (exact) mass is 340 g/mol. The summed E-state index contributed by atoms with van der Waals surface area (Å²) in [6.45, 7) is 4.37. The number of hydrogen-bond acceptors (Lipinski definition) is 1. The van der Waals surface area contributed by atoms with Gasteiger partial charge in [-0.1, -0.05) is 92.8 Å². The second kappa shape index (κ2) is 20.2. The van der Waals surface area contributed by atoms with Crippen LogP contribution >= 0.6 is 0 Å². The topological polar surface area (TPSA) is 20.2 Å². The molecule has 0 bridgehead atoms. The van der Waals surface area contributed by atoms with Crippen molar-refractivity contribution >= 4 is 0 Å². The molecule has 1 heteroatoms. The van der Waals surface area contributed by atoms with Gasteiger partial charge in [0.25, 0.3) is 0 Å². The van der Waals surface area contributed by atoms with Crippen LogP contribution in [0.15, 0.2) is 84.6 Å². The van der Waals surface area contributed by atoms with Crippen molar-refractivity contribution in [3.63, 3.8) is 0 Å². The van der Waals surface area contributed by atoms with Gasteiger partial charge in [0.1, 0.15) is 0 Å². The smallest absolute Gasteiger partial charge is 0.0644 e. The van der Waals surface area contributed by atoms with Crippen LogP contribution in [0.5, 0.6) is 0 Å². The van der Waals surface area contributed by atoms with Crippen molar-refractivity contribution in [2.24, 2.45) is 0 Å². The number of aliphatic hydroxyl groups excluding tert-OH is 1. The van der Waals surface area contributed by atoms with Gasteiger partial charge in [-0.3, -0.25) is 0 Å². The summed E-state index contributed by atoms with van der Waals surface area (Å²) < 4.78 is 0. The van der Waals surface area contributed by atoms with Crippen molar-refractivity contribution in [3.8, 4) is 0 Å². The van der Waals surface area contributed by atoms with Gasteiger partial charge in [0, 0.05) is 0 Å². The van der Waals surface area contributed by atoms with Crippen LogP contribution in [0.1, 0.15) is 58.8 Å². The van der Waals surface area contributed by atoms with E-state index in [1.54, 1.807) is 0 Å². The molecule has 0 aliphatic heterocycles. The summed E-state index contributed by atoms with van der Waals surface area (Å²) in [4.78, 5) is 0. The quantitative estimate of drug-likeness (QED) is 0.266. The van der Waals surface area contributed by atoms with E-state index in [4.69, 9.17) is 5.11 Å². The molecular formula is C24H36O. The molecule has 0 saturated heterocycles. The van der Waals surface area contributed by atoms with Gasteiger partial charge in [-0.2, -0.15) is 0 Å². The van der Waals surface area contributed by atoms with Crippen molar-refractivity contribution in [1.29, 1.82) is 0 Å². The predicted octanol–water partition coefficient (Wildman–Crippen LogP) is 7.01. The summed E-state index contributed by atoms with van der Waals surface area (Å²) in [6, 6.07) is 0. The summed E-state index contributed by atoms with van der Waals surface area (Å²) >= 11 is 0. The highest BCUT2D eigenvalue weighted by Crippen LogP contribution is 2.00. The molecule has 0 aliphatic rings. The molecule has 0 heterocycles. The van der Waals surface area contributed by atoms with Crippen LogP contribution in [0.25, 0.3) is 0 Å². The molecule has 1 nitrogen and oxygen atoms in total. The summed E-state index contributed by atoms with van der Waals surface area (Å²) in [5, 5.41) is 9.04.